The fourth-order valence-electron chi connectivity index (χ4n) is 1.74. The second-order valence-electron chi connectivity index (χ2n) is 5.35. The van der Waals surface area contributed by atoms with Crippen molar-refractivity contribution in [2.75, 3.05) is 13.2 Å². The standard InChI is InChI=1S/C15H28O8P/c1-3-5-7-8-10-15(17)23-13(12-22-24(18,19)20)11-21-14(16)9-6-4-2/h13H,1,3-12H2,2H3,(H2,18,19,20)/q-1/t13-/m1/s1. The minimum atomic E-state index is -4.70. The van der Waals surface area contributed by atoms with E-state index in [2.05, 4.69) is 11.4 Å². The van der Waals surface area contributed by atoms with Crippen molar-refractivity contribution in [3.63, 3.8) is 0 Å². The van der Waals surface area contributed by atoms with Crippen LogP contribution in [0, 0.1) is 6.92 Å². The molecular weight excluding hydrogens is 339 g/mol. The first-order valence-corrected chi connectivity index (χ1v) is 9.66. The first-order chi connectivity index (χ1) is 11.3. The molecule has 0 amide bonds. The van der Waals surface area contributed by atoms with Crippen LogP contribution in [0.2, 0.25) is 0 Å². The van der Waals surface area contributed by atoms with Crippen LogP contribution in [-0.2, 0) is 28.2 Å². The van der Waals surface area contributed by atoms with Gasteiger partial charge in [-0.05, 0) is 12.8 Å². The molecule has 0 unspecified atom stereocenters. The number of hydrogen-bond donors (Lipinski definition) is 2. The van der Waals surface area contributed by atoms with E-state index >= 15 is 0 Å². The van der Waals surface area contributed by atoms with Gasteiger partial charge in [0.15, 0.2) is 6.10 Å². The zero-order chi connectivity index (χ0) is 18.4. The molecule has 8 nitrogen and oxygen atoms in total. The largest absolute Gasteiger partial charge is 0.469 e. The monoisotopic (exact) mass is 367 g/mol. The summed E-state index contributed by atoms with van der Waals surface area (Å²) < 4.78 is 25.1. The summed E-state index contributed by atoms with van der Waals surface area (Å²) >= 11 is 0. The van der Waals surface area contributed by atoms with Crippen molar-refractivity contribution in [1.29, 1.82) is 0 Å². The van der Waals surface area contributed by atoms with Gasteiger partial charge in [0.2, 0.25) is 0 Å². The number of phosphoric ester groups is 1. The fraction of sp³-hybridized carbons (Fsp3) is 0.800. The molecule has 0 aliphatic carbocycles. The number of carbonyl (C=O) groups is 2. The minimum Gasteiger partial charge on any atom is -0.462 e. The second-order valence-corrected chi connectivity index (χ2v) is 6.59. The first-order valence-electron chi connectivity index (χ1n) is 8.13. The quantitative estimate of drug-likeness (QED) is 0.208. The molecule has 0 aromatic heterocycles. The molecule has 0 radical (unpaired) electrons. The van der Waals surface area contributed by atoms with Crippen LogP contribution in [0.1, 0.15) is 58.3 Å². The summed E-state index contributed by atoms with van der Waals surface area (Å²) in [6.07, 6.45) is 4.05. The van der Waals surface area contributed by atoms with E-state index in [0.717, 1.165) is 25.7 Å². The molecule has 142 valence electrons. The number of ether oxygens (including phenoxy) is 2. The predicted molar refractivity (Wildman–Crippen MR) is 86.8 cm³/mol. The van der Waals surface area contributed by atoms with E-state index in [1.165, 1.54) is 0 Å². The molecule has 0 fully saturated rings. The Labute approximate surface area is 143 Å². The van der Waals surface area contributed by atoms with Gasteiger partial charge in [-0.25, -0.2) is 4.57 Å². The topological polar surface area (TPSA) is 119 Å². The molecule has 9 heteroatoms. The summed E-state index contributed by atoms with van der Waals surface area (Å²) in [6.45, 7) is 4.79. The van der Waals surface area contributed by atoms with Gasteiger partial charge < -0.3 is 26.2 Å². The van der Waals surface area contributed by atoms with Crippen LogP contribution >= 0.6 is 7.82 Å². The SMILES string of the molecule is [CH2-]CCCCCC(=O)O[C@H](COC(=O)CCCC)COP(=O)(O)O. The molecule has 0 saturated carbocycles. The lowest BCUT2D eigenvalue weighted by atomic mass is 10.1. The van der Waals surface area contributed by atoms with Gasteiger partial charge in [-0.3, -0.25) is 14.1 Å². The van der Waals surface area contributed by atoms with Crippen LogP contribution in [0.5, 0.6) is 0 Å². The van der Waals surface area contributed by atoms with Crippen LogP contribution in [0.25, 0.3) is 0 Å². The third-order valence-electron chi connectivity index (χ3n) is 3.02. The lowest BCUT2D eigenvalue weighted by Crippen LogP contribution is -2.29. The highest BCUT2D eigenvalue weighted by atomic mass is 31.2. The average Bonchev–Trinajstić information content (AvgIpc) is 2.51. The van der Waals surface area contributed by atoms with Crippen LogP contribution in [-0.4, -0.2) is 41.0 Å². The second kappa shape index (κ2) is 13.4. The Morgan fingerprint density at radius 3 is 2.29 bits per heavy atom. The molecule has 24 heavy (non-hydrogen) atoms. The molecule has 2 N–H and O–H groups in total. The molecule has 0 aromatic carbocycles. The molecule has 0 rings (SSSR count). The van der Waals surface area contributed by atoms with Gasteiger partial charge in [-0.2, -0.15) is 6.42 Å². The van der Waals surface area contributed by atoms with Crippen molar-refractivity contribution >= 4 is 19.8 Å². The minimum absolute atomic E-state index is 0.177. The molecule has 1 atom stereocenters. The van der Waals surface area contributed by atoms with Gasteiger partial charge in [-0.1, -0.05) is 26.2 Å². The molecular formula is C15H28O8P-. The van der Waals surface area contributed by atoms with Crippen LogP contribution < -0.4 is 0 Å². The van der Waals surface area contributed by atoms with Crippen molar-refractivity contribution < 1.29 is 37.9 Å². The molecule has 0 spiro atoms. The maximum Gasteiger partial charge on any atom is 0.469 e. The smallest absolute Gasteiger partial charge is 0.462 e. The summed E-state index contributed by atoms with van der Waals surface area (Å²) in [7, 11) is -4.70. The molecule has 0 saturated heterocycles. The van der Waals surface area contributed by atoms with Crippen LogP contribution in [0.3, 0.4) is 0 Å². The Bertz CT molecular complexity index is 406. The average molecular weight is 367 g/mol. The third kappa shape index (κ3) is 14.6. The van der Waals surface area contributed by atoms with Crippen LogP contribution in [0.4, 0.5) is 0 Å². The van der Waals surface area contributed by atoms with E-state index in [1.54, 1.807) is 0 Å². The normalized spacial score (nSPS) is 12.7. The maximum atomic E-state index is 11.7. The highest BCUT2D eigenvalue weighted by Gasteiger charge is 2.22. The van der Waals surface area contributed by atoms with Crippen molar-refractivity contribution in [2.24, 2.45) is 0 Å². The van der Waals surface area contributed by atoms with Gasteiger partial charge in [0.05, 0.1) is 6.61 Å². The first kappa shape index (κ1) is 23.1. The van der Waals surface area contributed by atoms with Gasteiger partial charge in [0.25, 0.3) is 0 Å². The Kier molecular flexibility index (Phi) is 12.8. The number of hydrogen-bond acceptors (Lipinski definition) is 6. The Hall–Kier alpha value is -0.950. The van der Waals surface area contributed by atoms with Crippen molar-refractivity contribution in [3.8, 4) is 0 Å². The Morgan fingerprint density at radius 1 is 1.04 bits per heavy atom. The maximum absolute atomic E-state index is 11.7. The van der Waals surface area contributed by atoms with Gasteiger partial charge in [-0.15, -0.1) is 0 Å². The van der Waals surface area contributed by atoms with Gasteiger partial charge in [0.1, 0.15) is 6.61 Å². The Morgan fingerprint density at radius 2 is 1.71 bits per heavy atom. The molecule has 0 bridgehead atoms. The number of rotatable bonds is 14. The van der Waals surface area contributed by atoms with E-state index in [0.29, 0.717) is 12.8 Å². The predicted octanol–water partition coefficient (Wildman–Crippen LogP) is 2.53. The number of esters is 2. The van der Waals surface area contributed by atoms with Crippen molar-refractivity contribution in [1.82, 2.24) is 0 Å². The highest BCUT2D eigenvalue weighted by Crippen LogP contribution is 2.35. The number of carbonyl (C=O) groups excluding carboxylic acids is 2. The Balaban J connectivity index is 4.33. The molecule has 0 heterocycles. The van der Waals surface area contributed by atoms with Gasteiger partial charge in [0, 0.05) is 12.8 Å². The lowest BCUT2D eigenvalue weighted by molar-refractivity contribution is -0.161. The number of phosphoric acid groups is 1. The highest BCUT2D eigenvalue weighted by molar-refractivity contribution is 7.46. The van der Waals surface area contributed by atoms with Gasteiger partial charge >= 0.3 is 19.8 Å². The van der Waals surface area contributed by atoms with E-state index in [4.69, 9.17) is 19.3 Å². The summed E-state index contributed by atoms with van der Waals surface area (Å²) in [5.74, 6) is -0.979. The van der Waals surface area contributed by atoms with E-state index in [9.17, 15) is 14.2 Å². The molecule has 0 aliphatic rings. The molecule has 0 aliphatic heterocycles. The van der Waals surface area contributed by atoms with E-state index in [-0.39, 0.29) is 19.4 Å². The van der Waals surface area contributed by atoms with Crippen molar-refractivity contribution in [2.45, 2.75) is 64.4 Å². The van der Waals surface area contributed by atoms with Crippen molar-refractivity contribution in [3.05, 3.63) is 6.92 Å². The summed E-state index contributed by atoms with van der Waals surface area (Å²) in [4.78, 5) is 40.7. The number of unbranched alkanes of at least 4 members (excludes halogenated alkanes) is 4. The summed E-state index contributed by atoms with van der Waals surface area (Å²) in [6, 6.07) is 0. The van der Waals surface area contributed by atoms with E-state index < -0.39 is 32.5 Å². The zero-order valence-corrected chi connectivity index (χ0v) is 15.0. The zero-order valence-electron chi connectivity index (χ0n) is 14.1. The van der Waals surface area contributed by atoms with Crippen LogP contribution in [0.15, 0.2) is 0 Å². The third-order valence-corrected chi connectivity index (χ3v) is 3.51. The summed E-state index contributed by atoms with van der Waals surface area (Å²) in [5, 5.41) is 0. The lowest BCUT2D eigenvalue weighted by Gasteiger charge is -2.18. The fourth-order valence-corrected chi connectivity index (χ4v) is 2.10. The summed E-state index contributed by atoms with van der Waals surface area (Å²) in [5.41, 5.74) is 0. The molecule has 0 aromatic rings. The van der Waals surface area contributed by atoms with E-state index in [1.807, 2.05) is 6.92 Å².